The zero-order chi connectivity index (χ0) is 34.6. The lowest BCUT2D eigenvalue weighted by Crippen LogP contribution is -2.48. The molecule has 1 N–H and O–H groups in total. The highest BCUT2D eigenvalue weighted by Crippen LogP contribution is 2.34. The summed E-state index contributed by atoms with van der Waals surface area (Å²) in [6, 6.07) is 22.8. The minimum absolute atomic E-state index is 0.120. The molecule has 2 aliphatic rings. The van der Waals surface area contributed by atoms with Crippen LogP contribution in [0.4, 0.5) is 10.5 Å². The second-order valence-electron chi connectivity index (χ2n) is 13.9. The molecule has 0 bridgehead atoms. The molecule has 2 unspecified atom stereocenters. The number of anilines is 1. The van der Waals surface area contributed by atoms with Crippen LogP contribution >= 0.6 is 0 Å². The van der Waals surface area contributed by atoms with Crippen LogP contribution in [-0.4, -0.2) is 80.9 Å². The molecule has 1 amide bonds. The van der Waals surface area contributed by atoms with Crippen molar-refractivity contribution in [2.24, 2.45) is 0 Å². The molecule has 1 saturated heterocycles. The maximum Gasteiger partial charge on any atom is 0.410 e. The monoisotopic (exact) mass is 674 g/mol. The predicted octanol–water partition coefficient (Wildman–Crippen LogP) is 7.13. The Balaban J connectivity index is 1.19. The average Bonchev–Trinajstić information content (AvgIpc) is 3.10. The van der Waals surface area contributed by atoms with Crippen molar-refractivity contribution in [1.82, 2.24) is 4.90 Å². The molecule has 2 aliphatic heterocycles. The lowest BCUT2D eigenvalue weighted by atomic mass is 9.87. The summed E-state index contributed by atoms with van der Waals surface area (Å²) in [6.07, 6.45) is 4.00. The maximum absolute atomic E-state index is 13.1. The van der Waals surface area contributed by atoms with Crippen molar-refractivity contribution in [3.8, 4) is 11.5 Å². The molecule has 9 heteroatoms. The number of ether oxygens (including phenoxy) is 5. The molecule has 3 aromatic carbocycles. The Morgan fingerprint density at radius 1 is 0.959 bits per heavy atom. The van der Waals surface area contributed by atoms with Gasteiger partial charge in [-0.2, -0.15) is 0 Å². The van der Waals surface area contributed by atoms with Gasteiger partial charge in [-0.15, -0.1) is 0 Å². The van der Waals surface area contributed by atoms with E-state index in [2.05, 4.69) is 35.2 Å². The maximum atomic E-state index is 13.1. The highest BCUT2D eigenvalue weighted by atomic mass is 16.6. The molecule has 0 aromatic heterocycles. The van der Waals surface area contributed by atoms with Gasteiger partial charge >= 0.3 is 6.09 Å². The van der Waals surface area contributed by atoms with Crippen molar-refractivity contribution < 1.29 is 33.6 Å². The van der Waals surface area contributed by atoms with Crippen molar-refractivity contribution in [2.45, 2.75) is 83.7 Å². The van der Waals surface area contributed by atoms with Crippen LogP contribution in [0.2, 0.25) is 0 Å². The third-order valence-electron chi connectivity index (χ3n) is 9.09. The van der Waals surface area contributed by atoms with Crippen molar-refractivity contribution >= 4 is 11.8 Å². The molecule has 0 spiro atoms. The van der Waals surface area contributed by atoms with E-state index in [1.807, 2.05) is 57.2 Å². The molecule has 3 aromatic rings. The van der Waals surface area contributed by atoms with Crippen LogP contribution in [0, 0.1) is 0 Å². The third kappa shape index (κ3) is 10.6. The summed E-state index contributed by atoms with van der Waals surface area (Å²) in [5.41, 5.74) is 5.34. The first kappa shape index (κ1) is 36.5. The van der Waals surface area contributed by atoms with Crippen molar-refractivity contribution in [2.75, 3.05) is 58.0 Å². The summed E-state index contributed by atoms with van der Waals surface area (Å²) >= 11 is 0. The second-order valence-corrected chi connectivity index (χ2v) is 13.9. The number of rotatable bonds is 15. The minimum atomic E-state index is -0.563. The first-order valence-electron chi connectivity index (χ1n) is 17.7. The summed E-state index contributed by atoms with van der Waals surface area (Å²) in [4.78, 5) is 17.2. The molecule has 5 rings (SSSR count). The molecule has 0 aliphatic carbocycles. The van der Waals surface area contributed by atoms with Gasteiger partial charge in [-0.3, -0.25) is 0 Å². The van der Waals surface area contributed by atoms with Crippen LogP contribution in [0.1, 0.15) is 74.6 Å². The van der Waals surface area contributed by atoms with E-state index in [0.29, 0.717) is 39.5 Å². The van der Waals surface area contributed by atoms with Gasteiger partial charge in [0, 0.05) is 49.8 Å². The van der Waals surface area contributed by atoms with E-state index < -0.39 is 5.60 Å². The van der Waals surface area contributed by atoms with Gasteiger partial charge in [-0.1, -0.05) is 42.5 Å². The summed E-state index contributed by atoms with van der Waals surface area (Å²) in [5, 5.41) is 9.40. The molecular weight excluding hydrogens is 620 g/mol. The standard InChI is InChI=1S/C40H54N2O7/c1-40(2,3)49-39(44)42-22-19-35(38(27-42)48-28-30-13-14-32-11-7-20-41(21-8-23-43)36(32)26-30)31-15-17-34(18-16-31)47-25-9-24-46-29-33-10-5-6-12-37(33)45-4/h5-6,10,12-18,26,35,38,43H,7-9,11,19-25,27-29H2,1-4H3. The Morgan fingerprint density at radius 2 is 1.78 bits per heavy atom. The van der Waals surface area contributed by atoms with Crippen LogP contribution in [0.5, 0.6) is 11.5 Å². The average molecular weight is 675 g/mol. The number of amides is 1. The number of fused-ring (bicyclic) bond motifs is 1. The first-order chi connectivity index (χ1) is 23.7. The molecule has 2 atom stereocenters. The van der Waals surface area contributed by atoms with Crippen LogP contribution in [-0.2, 0) is 33.8 Å². The number of aliphatic hydroxyl groups excluding tert-OH is 1. The Morgan fingerprint density at radius 3 is 2.55 bits per heavy atom. The number of nitrogens with zero attached hydrogens (tertiary/aromatic N) is 2. The SMILES string of the molecule is COc1ccccc1COCCCOc1ccc(C2CCN(C(=O)OC(C)(C)C)CC2OCc2ccc3c(c2)N(CCCO)CCC3)cc1. The van der Waals surface area contributed by atoms with Gasteiger partial charge in [-0.05, 0) is 87.4 Å². The molecule has 0 saturated carbocycles. The highest BCUT2D eigenvalue weighted by Gasteiger charge is 2.35. The van der Waals surface area contributed by atoms with Gasteiger partial charge in [0.25, 0.3) is 0 Å². The Hall–Kier alpha value is -3.79. The number of benzene rings is 3. The molecule has 1 fully saturated rings. The van der Waals surface area contributed by atoms with E-state index in [9.17, 15) is 9.90 Å². The van der Waals surface area contributed by atoms with E-state index in [4.69, 9.17) is 23.7 Å². The molecule has 2 heterocycles. The fourth-order valence-electron chi connectivity index (χ4n) is 6.61. The van der Waals surface area contributed by atoms with E-state index in [1.54, 1.807) is 12.0 Å². The van der Waals surface area contributed by atoms with Crippen molar-refractivity contribution in [3.63, 3.8) is 0 Å². The van der Waals surface area contributed by atoms with E-state index in [-0.39, 0.29) is 24.7 Å². The zero-order valence-electron chi connectivity index (χ0n) is 29.7. The number of aliphatic hydroxyl groups is 1. The summed E-state index contributed by atoms with van der Waals surface area (Å²) in [7, 11) is 1.67. The number of hydrogen-bond donors (Lipinski definition) is 1. The minimum Gasteiger partial charge on any atom is -0.496 e. The summed E-state index contributed by atoms with van der Waals surface area (Å²) in [6.45, 7) is 10.9. The van der Waals surface area contributed by atoms with Crippen molar-refractivity contribution in [1.29, 1.82) is 0 Å². The van der Waals surface area contributed by atoms with Crippen molar-refractivity contribution in [3.05, 3.63) is 89.0 Å². The van der Waals surface area contributed by atoms with Gasteiger partial charge in [-0.25, -0.2) is 4.79 Å². The van der Waals surface area contributed by atoms with Gasteiger partial charge in [0.15, 0.2) is 0 Å². The van der Waals surface area contributed by atoms with E-state index in [1.165, 1.54) is 16.8 Å². The van der Waals surface area contributed by atoms with Gasteiger partial charge < -0.3 is 38.6 Å². The quantitative estimate of drug-likeness (QED) is 0.171. The third-order valence-corrected chi connectivity index (χ3v) is 9.09. The van der Waals surface area contributed by atoms with Crippen LogP contribution in [0.3, 0.4) is 0 Å². The lowest BCUT2D eigenvalue weighted by Gasteiger charge is -2.39. The Bertz CT molecular complexity index is 1470. The van der Waals surface area contributed by atoms with Crippen LogP contribution in [0.15, 0.2) is 66.7 Å². The number of aryl methyl sites for hydroxylation is 1. The first-order valence-corrected chi connectivity index (χ1v) is 17.7. The number of hydrogen-bond acceptors (Lipinski definition) is 8. The molecule has 266 valence electrons. The van der Waals surface area contributed by atoms with Crippen LogP contribution in [0.25, 0.3) is 0 Å². The van der Waals surface area contributed by atoms with Crippen LogP contribution < -0.4 is 14.4 Å². The number of carbonyl (C=O) groups is 1. The fraction of sp³-hybridized carbons (Fsp3) is 0.525. The number of para-hydroxylation sites is 1. The lowest BCUT2D eigenvalue weighted by molar-refractivity contribution is -0.0359. The largest absolute Gasteiger partial charge is 0.496 e. The molecular formula is C40H54N2O7. The molecule has 9 nitrogen and oxygen atoms in total. The Kier molecular flexibility index (Phi) is 13.2. The normalized spacial score (nSPS) is 17.8. The fourth-order valence-corrected chi connectivity index (χ4v) is 6.61. The van der Waals surface area contributed by atoms with Gasteiger partial charge in [0.1, 0.15) is 17.1 Å². The number of carbonyl (C=O) groups excluding carboxylic acids is 1. The second kappa shape index (κ2) is 17.7. The number of piperidine rings is 1. The molecule has 0 radical (unpaired) electrons. The highest BCUT2D eigenvalue weighted by molar-refractivity contribution is 5.68. The number of likely N-dealkylation sites (tertiary alicyclic amines) is 1. The van der Waals surface area contributed by atoms with Gasteiger partial charge in [0.05, 0.1) is 46.2 Å². The van der Waals surface area contributed by atoms with E-state index in [0.717, 1.165) is 67.8 Å². The Labute approximate surface area is 292 Å². The predicted molar refractivity (Wildman–Crippen MR) is 192 cm³/mol. The van der Waals surface area contributed by atoms with Gasteiger partial charge in [0.2, 0.25) is 0 Å². The van der Waals surface area contributed by atoms with E-state index >= 15 is 0 Å². The summed E-state index contributed by atoms with van der Waals surface area (Å²) in [5.74, 6) is 1.77. The smallest absolute Gasteiger partial charge is 0.410 e. The molecule has 49 heavy (non-hydrogen) atoms. The number of methoxy groups -OCH3 is 1. The topological polar surface area (TPSA) is 89.9 Å². The zero-order valence-corrected chi connectivity index (χ0v) is 29.7. The summed E-state index contributed by atoms with van der Waals surface area (Å²) < 4.78 is 29.7.